The predicted octanol–water partition coefficient (Wildman–Crippen LogP) is 1.47. The van der Waals surface area contributed by atoms with E-state index < -0.39 is 21.8 Å². The standard InChI is InChI=1S/C17H24FN3O4S/c1-19-26(24,25)14-4-5-16(15(18)8-14)20-12-6-13(7-12)21(10-17(22)23)9-11-2-3-11/h4-5,8,11-13,19-20H,2-3,6-7,9-10H2,1H3,(H,22,23). The van der Waals surface area contributed by atoms with Crippen molar-refractivity contribution in [3.8, 4) is 0 Å². The zero-order chi connectivity index (χ0) is 18.9. The van der Waals surface area contributed by atoms with Crippen LogP contribution >= 0.6 is 0 Å². The van der Waals surface area contributed by atoms with E-state index in [2.05, 4.69) is 10.0 Å². The van der Waals surface area contributed by atoms with Crippen molar-refractivity contribution in [3.05, 3.63) is 24.0 Å². The number of nitrogens with zero attached hydrogens (tertiary/aromatic N) is 1. The van der Waals surface area contributed by atoms with Crippen LogP contribution in [0.25, 0.3) is 0 Å². The van der Waals surface area contributed by atoms with E-state index in [1.165, 1.54) is 19.2 Å². The third-order valence-electron chi connectivity index (χ3n) is 5.04. The summed E-state index contributed by atoms with van der Waals surface area (Å²) in [7, 11) is -2.40. The van der Waals surface area contributed by atoms with Crippen molar-refractivity contribution in [1.82, 2.24) is 9.62 Å². The first-order valence-corrected chi connectivity index (χ1v) is 10.2. The molecule has 9 heteroatoms. The molecule has 144 valence electrons. The van der Waals surface area contributed by atoms with Crippen LogP contribution in [0.5, 0.6) is 0 Å². The Morgan fingerprint density at radius 3 is 2.58 bits per heavy atom. The fourth-order valence-corrected chi connectivity index (χ4v) is 4.01. The van der Waals surface area contributed by atoms with Gasteiger partial charge in [0, 0.05) is 18.6 Å². The summed E-state index contributed by atoms with van der Waals surface area (Å²) < 4.78 is 39.8. The van der Waals surface area contributed by atoms with Crippen molar-refractivity contribution >= 4 is 21.7 Å². The first-order chi connectivity index (χ1) is 12.3. The van der Waals surface area contributed by atoms with Crippen LogP contribution in [0.15, 0.2) is 23.1 Å². The molecule has 26 heavy (non-hydrogen) atoms. The van der Waals surface area contributed by atoms with Gasteiger partial charge in [0.25, 0.3) is 0 Å². The van der Waals surface area contributed by atoms with E-state index in [1.807, 2.05) is 4.90 Å². The average Bonchev–Trinajstić information content (AvgIpc) is 3.34. The maximum atomic E-state index is 14.2. The number of rotatable bonds is 9. The van der Waals surface area contributed by atoms with E-state index in [-0.39, 0.29) is 29.2 Å². The molecule has 2 aliphatic rings. The molecule has 0 spiro atoms. The SMILES string of the molecule is CNS(=O)(=O)c1ccc(NC2CC(N(CC(=O)O)CC3CC3)C2)c(F)c1. The van der Waals surface area contributed by atoms with Crippen LogP contribution in [0.4, 0.5) is 10.1 Å². The Labute approximate surface area is 152 Å². The van der Waals surface area contributed by atoms with Gasteiger partial charge < -0.3 is 10.4 Å². The smallest absolute Gasteiger partial charge is 0.317 e. The Kier molecular flexibility index (Phi) is 5.50. The fourth-order valence-electron chi connectivity index (χ4n) is 3.27. The molecule has 2 aliphatic carbocycles. The Morgan fingerprint density at radius 2 is 2.04 bits per heavy atom. The van der Waals surface area contributed by atoms with Gasteiger partial charge in [-0.05, 0) is 56.8 Å². The summed E-state index contributed by atoms with van der Waals surface area (Å²) in [5.74, 6) is -0.833. The zero-order valence-corrected chi connectivity index (χ0v) is 15.4. The van der Waals surface area contributed by atoms with E-state index in [9.17, 15) is 17.6 Å². The molecular weight excluding hydrogens is 361 g/mol. The minimum atomic E-state index is -3.67. The molecule has 1 aromatic rings. The second kappa shape index (κ2) is 7.50. The summed E-state index contributed by atoms with van der Waals surface area (Å²) in [6.07, 6.45) is 3.82. The van der Waals surface area contributed by atoms with Crippen molar-refractivity contribution in [2.75, 3.05) is 25.5 Å². The van der Waals surface area contributed by atoms with Gasteiger partial charge in [-0.1, -0.05) is 0 Å². The molecular formula is C17H24FN3O4S. The van der Waals surface area contributed by atoms with Crippen molar-refractivity contribution in [2.45, 2.75) is 42.7 Å². The van der Waals surface area contributed by atoms with Crippen LogP contribution in [0.3, 0.4) is 0 Å². The zero-order valence-electron chi connectivity index (χ0n) is 14.6. The number of nitrogens with one attached hydrogen (secondary N) is 2. The second-order valence-electron chi connectivity index (χ2n) is 7.08. The molecule has 0 aromatic heterocycles. The number of aliphatic carboxylic acids is 1. The Morgan fingerprint density at radius 1 is 1.35 bits per heavy atom. The highest BCUT2D eigenvalue weighted by atomic mass is 32.2. The van der Waals surface area contributed by atoms with E-state index in [1.54, 1.807) is 0 Å². The first kappa shape index (κ1) is 19.1. The largest absolute Gasteiger partial charge is 0.480 e. The van der Waals surface area contributed by atoms with Gasteiger partial charge in [0.2, 0.25) is 10.0 Å². The van der Waals surface area contributed by atoms with Gasteiger partial charge in [-0.2, -0.15) is 0 Å². The Bertz CT molecular complexity index is 776. The number of hydrogen-bond acceptors (Lipinski definition) is 5. The summed E-state index contributed by atoms with van der Waals surface area (Å²) in [6.45, 7) is 0.855. The van der Waals surface area contributed by atoms with Gasteiger partial charge in [0.1, 0.15) is 5.82 Å². The summed E-state index contributed by atoms with van der Waals surface area (Å²) in [5.41, 5.74) is 0.260. The predicted molar refractivity (Wildman–Crippen MR) is 95.0 cm³/mol. The normalized spacial score (nSPS) is 22.9. The number of sulfonamides is 1. The lowest BCUT2D eigenvalue weighted by atomic mass is 9.85. The number of carbonyl (C=O) groups is 1. The molecule has 0 heterocycles. The van der Waals surface area contributed by atoms with Crippen molar-refractivity contribution < 1.29 is 22.7 Å². The molecule has 2 saturated carbocycles. The van der Waals surface area contributed by atoms with Crippen LogP contribution in [0, 0.1) is 11.7 Å². The lowest BCUT2D eigenvalue weighted by Gasteiger charge is -2.43. The molecule has 0 radical (unpaired) electrons. The summed E-state index contributed by atoms with van der Waals surface area (Å²) in [6, 6.07) is 4.02. The molecule has 0 amide bonds. The highest BCUT2D eigenvalue weighted by Gasteiger charge is 2.37. The fraction of sp³-hybridized carbons (Fsp3) is 0.588. The van der Waals surface area contributed by atoms with Crippen LogP contribution in [0.2, 0.25) is 0 Å². The molecule has 1 aromatic carbocycles. The van der Waals surface area contributed by atoms with Gasteiger partial charge in [-0.3, -0.25) is 9.69 Å². The van der Waals surface area contributed by atoms with E-state index in [4.69, 9.17) is 5.11 Å². The lowest BCUT2D eigenvalue weighted by Crippen LogP contribution is -2.52. The van der Waals surface area contributed by atoms with Crippen LogP contribution in [-0.2, 0) is 14.8 Å². The maximum Gasteiger partial charge on any atom is 0.317 e. The number of hydrogen-bond donors (Lipinski definition) is 3. The summed E-state index contributed by atoms with van der Waals surface area (Å²) in [4.78, 5) is 12.9. The molecule has 0 saturated heterocycles. The minimum Gasteiger partial charge on any atom is -0.480 e. The van der Waals surface area contributed by atoms with Crippen LogP contribution < -0.4 is 10.0 Å². The summed E-state index contributed by atoms with van der Waals surface area (Å²) in [5, 5.41) is 12.2. The molecule has 0 bridgehead atoms. The summed E-state index contributed by atoms with van der Waals surface area (Å²) >= 11 is 0. The third-order valence-corrected chi connectivity index (χ3v) is 6.45. The van der Waals surface area contributed by atoms with Crippen molar-refractivity contribution in [3.63, 3.8) is 0 Å². The molecule has 0 unspecified atom stereocenters. The lowest BCUT2D eigenvalue weighted by molar-refractivity contribution is -0.139. The highest BCUT2D eigenvalue weighted by Crippen LogP contribution is 2.35. The quantitative estimate of drug-likeness (QED) is 0.595. The number of halogens is 1. The number of carboxylic acids is 1. The molecule has 3 N–H and O–H groups in total. The number of anilines is 1. The highest BCUT2D eigenvalue weighted by molar-refractivity contribution is 7.89. The van der Waals surface area contributed by atoms with Gasteiger partial charge in [0.15, 0.2) is 0 Å². The molecule has 3 rings (SSSR count). The average molecular weight is 385 g/mol. The van der Waals surface area contributed by atoms with Crippen molar-refractivity contribution in [1.29, 1.82) is 0 Å². The Hall–Kier alpha value is -1.71. The van der Waals surface area contributed by atoms with Gasteiger partial charge in [0.05, 0.1) is 17.1 Å². The van der Waals surface area contributed by atoms with Crippen molar-refractivity contribution in [2.24, 2.45) is 5.92 Å². The number of carboxylic acid groups (broad SMARTS) is 1. The minimum absolute atomic E-state index is 0.0405. The van der Waals surface area contributed by atoms with E-state index in [0.29, 0.717) is 5.92 Å². The molecule has 7 nitrogen and oxygen atoms in total. The van der Waals surface area contributed by atoms with Gasteiger partial charge >= 0.3 is 5.97 Å². The Balaban J connectivity index is 1.57. The molecule has 2 fully saturated rings. The van der Waals surface area contributed by atoms with Gasteiger partial charge in [-0.15, -0.1) is 0 Å². The third kappa shape index (κ3) is 4.52. The second-order valence-corrected chi connectivity index (χ2v) is 8.97. The maximum absolute atomic E-state index is 14.2. The van der Waals surface area contributed by atoms with Crippen LogP contribution in [-0.4, -0.2) is 56.6 Å². The molecule has 0 aliphatic heterocycles. The topological polar surface area (TPSA) is 98.7 Å². The van der Waals surface area contributed by atoms with E-state index >= 15 is 0 Å². The monoisotopic (exact) mass is 385 g/mol. The van der Waals surface area contributed by atoms with E-state index in [0.717, 1.165) is 38.3 Å². The van der Waals surface area contributed by atoms with Crippen LogP contribution in [0.1, 0.15) is 25.7 Å². The first-order valence-electron chi connectivity index (χ1n) is 8.74. The van der Waals surface area contributed by atoms with Gasteiger partial charge in [-0.25, -0.2) is 17.5 Å². The molecule has 0 atom stereocenters. The number of benzene rings is 1.